The zero-order valence-corrected chi connectivity index (χ0v) is 29.8. The van der Waals surface area contributed by atoms with Gasteiger partial charge in [0.1, 0.15) is 34.3 Å². The van der Waals surface area contributed by atoms with Gasteiger partial charge in [0, 0.05) is 66.5 Å². The highest BCUT2D eigenvalue weighted by atomic mass is 16.5. The van der Waals surface area contributed by atoms with E-state index in [1.54, 1.807) is 36.7 Å². The summed E-state index contributed by atoms with van der Waals surface area (Å²) in [6.45, 7) is 14.8. The van der Waals surface area contributed by atoms with Gasteiger partial charge in [-0.1, -0.05) is 67.5 Å². The maximum absolute atomic E-state index is 13.6. The van der Waals surface area contributed by atoms with Crippen LogP contribution in [-0.4, -0.2) is 84.2 Å². The summed E-state index contributed by atoms with van der Waals surface area (Å²) in [5, 5.41) is 2.99. The van der Waals surface area contributed by atoms with Crippen LogP contribution in [-0.2, 0) is 28.6 Å². The van der Waals surface area contributed by atoms with Crippen molar-refractivity contribution in [2.75, 3.05) is 39.6 Å². The molecule has 1 N–H and O–H groups in total. The molecule has 0 spiro atoms. The zero-order chi connectivity index (χ0) is 35.9. The predicted octanol–water partition coefficient (Wildman–Crippen LogP) is 5.35. The largest absolute Gasteiger partial charge is 0.378 e. The second-order valence-electron chi connectivity index (χ2n) is 13.4. The van der Waals surface area contributed by atoms with Crippen molar-refractivity contribution in [3.05, 3.63) is 48.0 Å². The fourth-order valence-corrected chi connectivity index (χ4v) is 4.43. The number of nitrogens with one attached hydrogen (secondary N) is 1. The number of Topliss-reactive ketones (excluding diaryl/α,β-unsaturated/α-hetero) is 4. The van der Waals surface area contributed by atoms with Gasteiger partial charge in [0.05, 0.1) is 39.6 Å². The fraction of sp³-hybridized carbons (Fsp3) is 0.595. The van der Waals surface area contributed by atoms with Gasteiger partial charge in [-0.2, -0.15) is 0 Å². The second kappa shape index (κ2) is 20.0. The van der Waals surface area contributed by atoms with E-state index in [4.69, 9.17) is 14.2 Å². The SMILES string of the molecule is CC(C)C(=O)CCOCC(COCCC(=O)C(C)C)(COCCC(=O)C(C)C)NC(=O)c1ccc(-c2ccc(C(=O)C(C)C)nc2)cn1. The zero-order valence-electron chi connectivity index (χ0n) is 29.8. The maximum Gasteiger partial charge on any atom is 0.270 e. The molecule has 0 bridgehead atoms. The number of rotatable bonds is 23. The molecule has 2 aromatic rings. The summed E-state index contributed by atoms with van der Waals surface area (Å²) in [7, 11) is 0. The van der Waals surface area contributed by atoms with E-state index >= 15 is 0 Å². The van der Waals surface area contributed by atoms with Gasteiger partial charge in [-0.15, -0.1) is 0 Å². The van der Waals surface area contributed by atoms with Crippen LogP contribution in [0.25, 0.3) is 11.1 Å². The highest BCUT2D eigenvalue weighted by Gasteiger charge is 2.35. The van der Waals surface area contributed by atoms with E-state index in [1.165, 1.54) is 0 Å². The van der Waals surface area contributed by atoms with E-state index in [0.29, 0.717) is 11.3 Å². The Morgan fingerprint density at radius 2 is 0.958 bits per heavy atom. The number of nitrogens with zero attached hydrogens (tertiary/aromatic N) is 2. The van der Waals surface area contributed by atoms with Gasteiger partial charge >= 0.3 is 0 Å². The Morgan fingerprint density at radius 3 is 1.27 bits per heavy atom. The van der Waals surface area contributed by atoms with Crippen molar-refractivity contribution < 1.29 is 38.2 Å². The number of amides is 1. The molecule has 11 nitrogen and oxygen atoms in total. The van der Waals surface area contributed by atoms with E-state index in [-0.39, 0.29) is 111 Å². The third-order valence-corrected chi connectivity index (χ3v) is 7.79. The third-order valence-electron chi connectivity index (χ3n) is 7.79. The van der Waals surface area contributed by atoms with Crippen molar-refractivity contribution in [1.82, 2.24) is 15.3 Å². The van der Waals surface area contributed by atoms with Crippen molar-refractivity contribution in [3.8, 4) is 11.1 Å². The average Bonchev–Trinajstić information content (AvgIpc) is 3.06. The molecule has 0 atom stereocenters. The number of carbonyl (C=O) groups is 5. The van der Waals surface area contributed by atoms with E-state index in [1.807, 2.05) is 55.4 Å². The van der Waals surface area contributed by atoms with Crippen LogP contribution in [0, 0.1) is 23.7 Å². The first-order valence-corrected chi connectivity index (χ1v) is 16.8. The van der Waals surface area contributed by atoms with Crippen molar-refractivity contribution >= 4 is 29.0 Å². The van der Waals surface area contributed by atoms with Crippen LogP contribution in [0.15, 0.2) is 36.7 Å². The van der Waals surface area contributed by atoms with E-state index in [0.717, 1.165) is 5.56 Å². The monoisotopic (exact) mass is 667 g/mol. The number of hydrogen-bond acceptors (Lipinski definition) is 10. The molecule has 2 rings (SSSR count). The molecule has 0 aliphatic carbocycles. The minimum Gasteiger partial charge on any atom is -0.378 e. The molecule has 2 aromatic heterocycles. The molecule has 264 valence electrons. The smallest absolute Gasteiger partial charge is 0.270 e. The van der Waals surface area contributed by atoms with E-state index in [2.05, 4.69) is 15.3 Å². The summed E-state index contributed by atoms with van der Waals surface area (Å²) in [5.74, 6) is -0.957. The lowest BCUT2D eigenvalue weighted by Crippen LogP contribution is -2.59. The Hall–Kier alpha value is -3.67. The van der Waals surface area contributed by atoms with Crippen LogP contribution >= 0.6 is 0 Å². The summed E-state index contributed by atoms with van der Waals surface area (Å²) < 4.78 is 17.8. The molecule has 0 saturated heterocycles. The third kappa shape index (κ3) is 13.4. The van der Waals surface area contributed by atoms with Crippen LogP contribution in [0.3, 0.4) is 0 Å². The summed E-state index contributed by atoms with van der Waals surface area (Å²) in [5.41, 5.74) is 0.743. The highest BCUT2D eigenvalue weighted by Crippen LogP contribution is 2.20. The van der Waals surface area contributed by atoms with Gasteiger partial charge in [-0.25, -0.2) is 0 Å². The van der Waals surface area contributed by atoms with Gasteiger partial charge in [0.2, 0.25) is 0 Å². The maximum atomic E-state index is 13.6. The Morgan fingerprint density at radius 1 is 0.583 bits per heavy atom. The number of hydrogen-bond donors (Lipinski definition) is 1. The average molecular weight is 668 g/mol. The van der Waals surface area contributed by atoms with E-state index in [9.17, 15) is 24.0 Å². The van der Waals surface area contributed by atoms with Crippen LogP contribution in [0.4, 0.5) is 0 Å². The van der Waals surface area contributed by atoms with Crippen LogP contribution < -0.4 is 5.32 Å². The van der Waals surface area contributed by atoms with Crippen LogP contribution in [0.2, 0.25) is 0 Å². The first-order valence-electron chi connectivity index (χ1n) is 16.8. The summed E-state index contributed by atoms with van der Waals surface area (Å²) in [6.07, 6.45) is 3.77. The highest BCUT2D eigenvalue weighted by molar-refractivity contribution is 5.96. The lowest BCUT2D eigenvalue weighted by Gasteiger charge is -2.34. The molecule has 1 amide bonds. The van der Waals surface area contributed by atoms with Crippen molar-refractivity contribution in [2.24, 2.45) is 23.7 Å². The van der Waals surface area contributed by atoms with Gasteiger partial charge < -0.3 is 19.5 Å². The number of pyridine rings is 2. The van der Waals surface area contributed by atoms with Crippen LogP contribution in [0.5, 0.6) is 0 Å². The van der Waals surface area contributed by atoms with Gasteiger partial charge in [-0.3, -0.25) is 33.9 Å². The summed E-state index contributed by atoms with van der Waals surface area (Å²) >= 11 is 0. The molecule has 0 saturated carbocycles. The van der Waals surface area contributed by atoms with Crippen molar-refractivity contribution in [2.45, 2.75) is 80.2 Å². The summed E-state index contributed by atoms with van der Waals surface area (Å²) in [6, 6.07) is 6.77. The fourth-order valence-electron chi connectivity index (χ4n) is 4.43. The Bertz CT molecular complexity index is 1280. The molecule has 0 aliphatic rings. The number of aromatic nitrogens is 2. The van der Waals surface area contributed by atoms with Gasteiger partial charge in [0.15, 0.2) is 5.78 Å². The minimum absolute atomic E-state index is 0.0447. The number of ketones is 4. The van der Waals surface area contributed by atoms with Gasteiger partial charge in [-0.05, 0) is 12.1 Å². The Kier molecular flexibility index (Phi) is 16.9. The molecular weight excluding hydrogens is 614 g/mol. The lowest BCUT2D eigenvalue weighted by atomic mass is 10.0. The predicted molar refractivity (Wildman–Crippen MR) is 183 cm³/mol. The second-order valence-corrected chi connectivity index (χ2v) is 13.4. The molecule has 11 heteroatoms. The summed E-state index contributed by atoms with van der Waals surface area (Å²) in [4.78, 5) is 71.2. The van der Waals surface area contributed by atoms with Gasteiger partial charge in [0.25, 0.3) is 5.91 Å². The molecule has 0 unspecified atom stereocenters. The van der Waals surface area contributed by atoms with Crippen LogP contribution in [0.1, 0.15) is 95.6 Å². The molecule has 48 heavy (non-hydrogen) atoms. The van der Waals surface area contributed by atoms with Crippen molar-refractivity contribution in [1.29, 1.82) is 0 Å². The minimum atomic E-state index is -1.22. The molecule has 0 radical (unpaired) electrons. The number of carbonyl (C=O) groups excluding carboxylic acids is 5. The Labute approximate surface area is 284 Å². The molecule has 0 fully saturated rings. The van der Waals surface area contributed by atoms with Crippen molar-refractivity contribution in [3.63, 3.8) is 0 Å². The first-order chi connectivity index (χ1) is 22.7. The normalized spacial score (nSPS) is 11.8. The number of ether oxygens (including phenoxy) is 3. The molecule has 2 heterocycles. The lowest BCUT2D eigenvalue weighted by molar-refractivity contribution is -0.123. The first kappa shape index (κ1) is 40.5. The Balaban J connectivity index is 2.28. The quantitative estimate of drug-likeness (QED) is 0.121. The van der Waals surface area contributed by atoms with E-state index < -0.39 is 11.4 Å². The molecule has 0 aliphatic heterocycles. The topological polar surface area (TPSA) is 151 Å². The molecule has 0 aromatic carbocycles. The standard InChI is InChI=1S/C37H53N3O8/c1-24(2)32(41)13-16-46-21-37(22-47-17-14-33(42)25(3)4,23-48-18-15-34(43)26(5)6)40-36(45)31-12-10-29(20-39-31)28-9-11-30(38-19-28)35(44)27(7)8/h9-12,19-20,24-27H,13-18,21-23H2,1-8H3,(H,40,45). The molecular formula is C37H53N3O8.